The highest BCUT2D eigenvalue weighted by atomic mass is 35.5. The number of hydrogen-bond donors (Lipinski definition) is 4. The predicted molar refractivity (Wildman–Crippen MR) is 182 cm³/mol. The molecule has 1 aliphatic heterocycles. The Labute approximate surface area is 282 Å². The molecule has 1 aliphatic carbocycles. The topological polar surface area (TPSA) is 141 Å². The number of likely N-dealkylation sites (tertiary alicyclic amines) is 1. The number of rotatable bonds is 10. The lowest BCUT2D eigenvalue weighted by molar-refractivity contribution is -0.119. The van der Waals surface area contributed by atoms with Crippen molar-refractivity contribution < 1.29 is 23.6 Å². The molecule has 9 nitrogen and oxygen atoms in total. The Hall–Kier alpha value is -3.66. The maximum absolute atomic E-state index is 15.5. The van der Waals surface area contributed by atoms with Crippen LogP contribution in [-0.2, 0) is 21.7 Å². The number of carbonyl (C=O) groups excluding carboxylic acids is 2. The molecule has 4 N–H and O–H groups in total. The molecule has 5 rings (SSSR count). The van der Waals surface area contributed by atoms with Gasteiger partial charge in [-0.3, -0.25) is 4.79 Å². The van der Waals surface area contributed by atoms with E-state index in [-0.39, 0.29) is 18.7 Å². The number of anilines is 2. The Morgan fingerprint density at radius 1 is 1.09 bits per heavy atom. The molecule has 1 unspecified atom stereocenters. The predicted octanol–water partition coefficient (Wildman–Crippen LogP) is 6.44. The monoisotopic (exact) mass is 679 g/mol. The van der Waals surface area contributed by atoms with Crippen LogP contribution in [0.25, 0.3) is 0 Å². The van der Waals surface area contributed by atoms with E-state index < -0.39 is 51.5 Å². The zero-order chi connectivity index (χ0) is 33.9. The van der Waals surface area contributed by atoms with Gasteiger partial charge in [0.25, 0.3) is 0 Å². The molecule has 3 aromatic carbocycles. The van der Waals surface area contributed by atoms with E-state index in [4.69, 9.17) is 11.6 Å². The summed E-state index contributed by atoms with van der Waals surface area (Å²) in [6, 6.07) is 18.4. The molecule has 3 aromatic rings. The maximum atomic E-state index is 15.5. The van der Waals surface area contributed by atoms with Crippen LogP contribution < -0.4 is 15.4 Å². The van der Waals surface area contributed by atoms with Gasteiger partial charge in [0.15, 0.2) is 0 Å². The number of benzene rings is 3. The van der Waals surface area contributed by atoms with Gasteiger partial charge in [-0.15, -0.1) is 4.72 Å². The summed E-state index contributed by atoms with van der Waals surface area (Å²) in [5.41, 5.74) is 0.932. The van der Waals surface area contributed by atoms with Crippen molar-refractivity contribution in [3.8, 4) is 6.07 Å². The minimum absolute atomic E-state index is 0.0282. The number of nitriles is 1. The maximum Gasteiger partial charge on any atom is 0.322 e. The summed E-state index contributed by atoms with van der Waals surface area (Å²) >= 11 is 4.38. The van der Waals surface area contributed by atoms with Crippen LogP contribution in [0.2, 0.25) is 5.02 Å². The molecule has 3 amide bonds. The molecule has 0 bridgehead atoms. The van der Waals surface area contributed by atoms with Crippen LogP contribution in [0.15, 0.2) is 66.7 Å². The van der Waals surface area contributed by atoms with Gasteiger partial charge in [-0.25, -0.2) is 9.18 Å². The molecule has 4 atom stereocenters. The third kappa shape index (κ3) is 8.26. The summed E-state index contributed by atoms with van der Waals surface area (Å²) in [6.45, 7) is 5.49. The standard InChI is InChI=1S/C35H39ClFN5O4S/c1-34(2,3)47(46)41-35(16-15-22-7-8-22,24-6-4-5-23(17-24)20-38)25-9-14-29(37)30(18-25)40-32(44)31-19-28(43)21-42(31)33(45)39-27-12-10-26(36)11-13-27/h4-6,9-14,17-18,22,28,31,41,43H,7-8,15-16,19,21H2,1-3H3,(H,39,45)(H,40,44)/t28-,31-,35?,47+/m0/s1. The number of halogens is 2. The fraction of sp³-hybridized carbons (Fsp3) is 0.400. The first-order chi connectivity index (χ1) is 22.3. The smallest absolute Gasteiger partial charge is 0.322 e. The van der Waals surface area contributed by atoms with Gasteiger partial charge in [0.2, 0.25) is 5.91 Å². The molecule has 2 fully saturated rings. The van der Waals surface area contributed by atoms with Gasteiger partial charge >= 0.3 is 6.03 Å². The molecule has 0 radical (unpaired) electrons. The van der Waals surface area contributed by atoms with Crippen molar-refractivity contribution in [2.24, 2.45) is 5.92 Å². The number of nitrogens with zero attached hydrogens (tertiary/aromatic N) is 2. The Morgan fingerprint density at radius 2 is 1.79 bits per heavy atom. The summed E-state index contributed by atoms with van der Waals surface area (Å²) < 4.78 is 31.9. The number of aliphatic hydroxyl groups is 1. The molecule has 2 aliphatic rings. The molecule has 1 saturated carbocycles. The van der Waals surface area contributed by atoms with Crippen LogP contribution in [0.3, 0.4) is 0 Å². The van der Waals surface area contributed by atoms with Crippen LogP contribution in [0.5, 0.6) is 0 Å². The third-order valence-electron chi connectivity index (χ3n) is 8.59. The van der Waals surface area contributed by atoms with Gasteiger partial charge in [0.1, 0.15) is 22.1 Å². The molecular formula is C35H39ClFN5O4S. The summed E-state index contributed by atoms with van der Waals surface area (Å²) in [5, 5.41) is 26.0. The van der Waals surface area contributed by atoms with Crippen molar-refractivity contribution in [1.82, 2.24) is 9.62 Å². The zero-order valence-corrected chi connectivity index (χ0v) is 28.1. The van der Waals surface area contributed by atoms with Crippen molar-refractivity contribution >= 4 is 46.3 Å². The number of hydrogen-bond acceptors (Lipinski definition) is 6. The first kappa shape index (κ1) is 34.7. The van der Waals surface area contributed by atoms with E-state index in [0.29, 0.717) is 39.7 Å². The number of urea groups is 1. The second-order valence-electron chi connectivity index (χ2n) is 13.2. The van der Waals surface area contributed by atoms with E-state index in [2.05, 4.69) is 21.4 Å². The van der Waals surface area contributed by atoms with Crippen LogP contribution in [0.4, 0.5) is 20.6 Å². The lowest BCUT2D eigenvalue weighted by atomic mass is 9.79. The Morgan fingerprint density at radius 3 is 2.45 bits per heavy atom. The highest BCUT2D eigenvalue weighted by Gasteiger charge is 2.44. The first-order valence-corrected chi connectivity index (χ1v) is 17.1. The Balaban J connectivity index is 1.48. The van der Waals surface area contributed by atoms with E-state index in [1.54, 1.807) is 48.5 Å². The average molecular weight is 680 g/mol. The number of β-amino-alcohol motifs (C(OH)–C–C–N with tert-alkyl or cyclic N) is 1. The van der Waals surface area contributed by atoms with Gasteiger partial charge in [-0.1, -0.05) is 42.6 Å². The number of aliphatic hydroxyl groups excluding tert-OH is 1. The van der Waals surface area contributed by atoms with Gasteiger partial charge < -0.3 is 25.2 Å². The highest BCUT2D eigenvalue weighted by Crippen LogP contribution is 2.43. The molecule has 12 heteroatoms. The van der Waals surface area contributed by atoms with E-state index in [9.17, 15) is 24.5 Å². The molecule has 1 heterocycles. The average Bonchev–Trinajstić information content (AvgIpc) is 3.79. The molecule has 47 heavy (non-hydrogen) atoms. The van der Waals surface area contributed by atoms with Crippen LogP contribution in [-0.4, -0.2) is 49.9 Å². The highest BCUT2D eigenvalue weighted by molar-refractivity contribution is 7.90. The number of amides is 3. The Kier molecular flexibility index (Phi) is 10.5. The normalized spacial score (nSPS) is 19.8. The van der Waals surface area contributed by atoms with Crippen molar-refractivity contribution in [3.63, 3.8) is 0 Å². The quantitative estimate of drug-likeness (QED) is 0.182. The summed E-state index contributed by atoms with van der Waals surface area (Å²) in [7, 11) is 0. The number of carbonyl (C=O) groups is 2. The molecular weight excluding hydrogens is 641 g/mol. The summed E-state index contributed by atoms with van der Waals surface area (Å²) in [4.78, 5) is 28.0. The molecule has 248 valence electrons. The zero-order valence-electron chi connectivity index (χ0n) is 26.6. The van der Waals surface area contributed by atoms with Crippen molar-refractivity contribution in [1.29, 1.82) is 5.26 Å². The second-order valence-corrected chi connectivity index (χ2v) is 15.6. The Bertz CT molecular complexity index is 1660. The fourth-order valence-corrected chi connectivity index (χ4v) is 6.82. The fourth-order valence-electron chi connectivity index (χ4n) is 5.73. The minimum atomic E-state index is -1.57. The minimum Gasteiger partial charge on any atom is -0.598 e. The van der Waals surface area contributed by atoms with Crippen molar-refractivity contribution in [2.45, 2.75) is 75.3 Å². The van der Waals surface area contributed by atoms with Crippen LogP contribution in [0.1, 0.15) is 69.6 Å². The molecule has 0 aromatic heterocycles. The van der Waals surface area contributed by atoms with E-state index in [1.807, 2.05) is 26.8 Å². The van der Waals surface area contributed by atoms with Crippen molar-refractivity contribution in [3.05, 3.63) is 94.3 Å². The van der Waals surface area contributed by atoms with Gasteiger partial charge in [-0.05, 0) is 99.2 Å². The van der Waals surface area contributed by atoms with E-state index >= 15 is 4.39 Å². The van der Waals surface area contributed by atoms with E-state index in [0.717, 1.165) is 19.3 Å². The summed E-state index contributed by atoms with van der Waals surface area (Å²) in [6.07, 6.45) is 2.53. The summed E-state index contributed by atoms with van der Waals surface area (Å²) in [5.74, 6) is -0.849. The second kappa shape index (κ2) is 14.2. The molecule has 1 saturated heterocycles. The van der Waals surface area contributed by atoms with Crippen LogP contribution >= 0.6 is 11.6 Å². The lowest BCUT2D eigenvalue weighted by Crippen LogP contribution is -2.52. The SMILES string of the molecule is CC(C)(C)[S@@+]([O-])NC(CCC1CC1)(c1cccc(C#N)c1)c1ccc(F)c(NC(=O)[C@@H]2C[C@H](O)CN2C(=O)Nc2ccc(Cl)cc2)c1. The largest absolute Gasteiger partial charge is 0.598 e. The van der Waals surface area contributed by atoms with Crippen molar-refractivity contribution in [2.75, 3.05) is 17.2 Å². The lowest BCUT2D eigenvalue weighted by Gasteiger charge is -2.39. The molecule has 0 spiro atoms. The first-order valence-electron chi connectivity index (χ1n) is 15.6. The van der Waals surface area contributed by atoms with Gasteiger partial charge in [0, 0.05) is 35.0 Å². The number of nitrogens with one attached hydrogen (secondary N) is 3. The van der Waals surface area contributed by atoms with Gasteiger partial charge in [0.05, 0.1) is 23.4 Å². The van der Waals surface area contributed by atoms with Gasteiger partial charge in [-0.2, -0.15) is 5.26 Å². The third-order valence-corrected chi connectivity index (χ3v) is 10.5. The van der Waals surface area contributed by atoms with E-state index in [1.165, 1.54) is 17.0 Å². The van der Waals surface area contributed by atoms with Crippen LogP contribution in [0, 0.1) is 23.1 Å².